The summed E-state index contributed by atoms with van der Waals surface area (Å²) in [6, 6.07) is 18.2. The molecule has 0 aliphatic heterocycles. The minimum absolute atomic E-state index is 0.0264. The number of anilines is 1. The van der Waals surface area contributed by atoms with Crippen LogP contribution in [0.3, 0.4) is 0 Å². The molecule has 0 fully saturated rings. The van der Waals surface area contributed by atoms with Crippen molar-refractivity contribution in [3.8, 4) is 5.75 Å². The molecule has 3 aromatic carbocycles. The van der Waals surface area contributed by atoms with Crippen LogP contribution in [0.2, 0.25) is 10.0 Å². The molecule has 41 heavy (non-hydrogen) atoms. The molecule has 3 rings (SSSR count). The number of carbonyl (C=O) groups is 2. The van der Waals surface area contributed by atoms with Gasteiger partial charge in [-0.3, -0.25) is 13.9 Å². The number of carbonyl (C=O) groups excluding carboxylic acids is 2. The molecule has 0 heterocycles. The van der Waals surface area contributed by atoms with Gasteiger partial charge in [-0.25, -0.2) is 8.42 Å². The SMILES string of the molecule is CCOc1ccc(N(CC(=O)N(Cc2ccc(Cl)cc2Cl)C(CC)C(=O)NC(C)C)S(=O)(=O)c2ccccc2)cc1. The molecule has 1 unspecified atom stereocenters. The Hall–Kier alpha value is -3.27. The second kappa shape index (κ2) is 14.6. The van der Waals surface area contributed by atoms with Crippen LogP contribution in [0.4, 0.5) is 5.69 Å². The fourth-order valence-electron chi connectivity index (χ4n) is 4.26. The number of halogens is 2. The maximum Gasteiger partial charge on any atom is 0.264 e. The van der Waals surface area contributed by atoms with Crippen molar-refractivity contribution in [2.24, 2.45) is 0 Å². The molecule has 0 radical (unpaired) electrons. The van der Waals surface area contributed by atoms with Crippen LogP contribution in [0, 0.1) is 0 Å². The zero-order chi connectivity index (χ0) is 30.2. The van der Waals surface area contributed by atoms with E-state index in [-0.39, 0.29) is 29.1 Å². The summed E-state index contributed by atoms with van der Waals surface area (Å²) < 4.78 is 34.3. The molecule has 0 aliphatic carbocycles. The molecule has 0 aromatic heterocycles. The Morgan fingerprint density at radius 3 is 2.17 bits per heavy atom. The van der Waals surface area contributed by atoms with Crippen molar-refractivity contribution in [3.63, 3.8) is 0 Å². The predicted molar refractivity (Wildman–Crippen MR) is 163 cm³/mol. The van der Waals surface area contributed by atoms with Crippen molar-refractivity contribution in [1.29, 1.82) is 0 Å². The topological polar surface area (TPSA) is 96.0 Å². The summed E-state index contributed by atoms with van der Waals surface area (Å²) in [5, 5.41) is 3.62. The van der Waals surface area contributed by atoms with Crippen LogP contribution in [-0.4, -0.2) is 50.4 Å². The van der Waals surface area contributed by atoms with Crippen molar-refractivity contribution < 1.29 is 22.7 Å². The standard InChI is InChI=1S/C30H35Cl2N3O5S/c1-5-28(30(37)33-21(3)4)34(19-22-12-13-23(31)18-27(22)32)29(36)20-35(24-14-16-25(17-15-24)40-6-2)41(38,39)26-10-8-7-9-11-26/h7-18,21,28H,5-6,19-20H2,1-4H3,(H,33,37). The average molecular weight is 621 g/mol. The number of sulfonamides is 1. The molecule has 2 amide bonds. The van der Waals surface area contributed by atoms with Crippen LogP contribution >= 0.6 is 23.2 Å². The molecular formula is C30H35Cl2N3O5S. The third-order valence-corrected chi connectivity index (χ3v) is 8.59. The van der Waals surface area contributed by atoms with Gasteiger partial charge in [0.2, 0.25) is 11.8 Å². The van der Waals surface area contributed by atoms with Gasteiger partial charge >= 0.3 is 0 Å². The van der Waals surface area contributed by atoms with E-state index in [0.29, 0.717) is 34.4 Å². The van der Waals surface area contributed by atoms with Gasteiger partial charge in [0.15, 0.2) is 0 Å². The highest BCUT2D eigenvalue weighted by molar-refractivity contribution is 7.92. The van der Waals surface area contributed by atoms with Gasteiger partial charge in [0.05, 0.1) is 17.2 Å². The lowest BCUT2D eigenvalue weighted by atomic mass is 10.1. The number of amides is 2. The van der Waals surface area contributed by atoms with Crippen molar-refractivity contribution in [3.05, 3.63) is 88.4 Å². The zero-order valence-electron chi connectivity index (χ0n) is 23.5. The molecule has 0 aliphatic rings. The van der Waals surface area contributed by atoms with E-state index >= 15 is 0 Å². The molecule has 1 atom stereocenters. The predicted octanol–water partition coefficient (Wildman–Crippen LogP) is 5.92. The summed E-state index contributed by atoms with van der Waals surface area (Å²) >= 11 is 12.5. The molecule has 0 bridgehead atoms. The maximum atomic E-state index is 14.1. The maximum absolute atomic E-state index is 14.1. The number of ether oxygens (including phenoxy) is 1. The summed E-state index contributed by atoms with van der Waals surface area (Å²) in [4.78, 5) is 28.7. The number of rotatable bonds is 13. The van der Waals surface area contributed by atoms with Crippen LogP contribution in [0.1, 0.15) is 39.7 Å². The first-order valence-corrected chi connectivity index (χ1v) is 15.5. The van der Waals surface area contributed by atoms with Gasteiger partial charge in [-0.15, -0.1) is 0 Å². The van der Waals surface area contributed by atoms with Gasteiger partial charge in [-0.2, -0.15) is 0 Å². The zero-order valence-corrected chi connectivity index (χ0v) is 25.8. The summed E-state index contributed by atoms with van der Waals surface area (Å²) in [7, 11) is -4.17. The molecule has 1 N–H and O–H groups in total. The molecule has 0 saturated carbocycles. The quantitative estimate of drug-likeness (QED) is 0.256. The highest BCUT2D eigenvalue weighted by Gasteiger charge is 2.34. The molecule has 220 valence electrons. The summed E-state index contributed by atoms with van der Waals surface area (Å²) in [5.74, 6) is -0.357. The fraction of sp³-hybridized carbons (Fsp3) is 0.333. The highest BCUT2D eigenvalue weighted by Crippen LogP contribution is 2.28. The Morgan fingerprint density at radius 1 is 0.951 bits per heavy atom. The summed E-state index contributed by atoms with van der Waals surface area (Å²) in [6.07, 6.45) is 0.296. The number of benzene rings is 3. The Bertz CT molecular complexity index is 1430. The third kappa shape index (κ3) is 8.38. The van der Waals surface area contributed by atoms with Gasteiger partial charge in [0, 0.05) is 22.6 Å². The van der Waals surface area contributed by atoms with E-state index < -0.39 is 28.5 Å². The summed E-state index contributed by atoms with van der Waals surface area (Å²) in [6.45, 7) is 7.16. The molecule has 8 nitrogen and oxygen atoms in total. The van der Waals surface area contributed by atoms with Crippen molar-refractivity contribution in [2.75, 3.05) is 17.5 Å². The van der Waals surface area contributed by atoms with E-state index in [0.717, 1.165) is 4.31 Å². The van der Waals surface area contributed by atoms with Crippen LogP contribution in [0.25, 0.3) is 0 Å². The molecular weight excluding hydrogens is 585 g/mol. The summed E-state index contributed by atoms with van der Waals surface area (Å²) in [5.41, 5.74) is 0.841. The fourth-order valence-corrected chi connectivity index (χ4v) is 6.16. The lowest BCUT2D eigenvalue weighted by Crippen LogP contribution is -2.53. The van der Waals surface area contributed by atoms with E-state index in [9.17, 15) is 18.0 Å². The first-order chi connectivity index (χ1) is 19.5. The normalized spacial score (nSPS) is 12.1. The molecule has 3 aromatic rings. The Labute approximate surface area is 252 Å². The van der Waals surface area contributed by atoms with Gasteiger partial charge in [-0.1, -0.05) is 54.4 Å². The second-order valence-corrected chi connectivity index (χ2v) is 12.3. The van der Waals surface area contributed by atoms with Crippen LogP contribution in [0.5, 0.6) is 5.75 Å². The molecule has 0 spiro atoms. The Balaban J connectivity index is 2.07. The van der Waals surface area contributed by atoms with Crippen molar-refractivity contribution in [1.82, 2.24) is 10.2 Å². The number of nitrogens with zero attached hydrogens (tertiary/aromatic N) is 2. The Morgan fingerprint density at radius 2 is 1.61 bits per heavy atom. The van der Waals surface area contributed by atoms with Gasteiger partial charge in [-0.05, 0) is 81.3 Å². The Kier molecular flexibility index (Phi) is 11.5. The average Bonchev–Trinajstić information content (AvgIpc) is 2.93. The number of hydrogen-bond acceptors (Lipinski definition) is 5. The number of nitrogens with one attached hydrogen (secondary N) is 1. The lowest BCUT2D eigenvalue weighted by molar-refractivity contribution is -0.140. The van der Waals surface area contributed by atoms with E-state index in [1.165, 1.54) is 17.0 Å². The highest BCUT2D eigenvalue weighted by atomic mass is 35.5. The van der Waals surface area contributed by atoms with E-state index in [4.69, 9.17) is 27.9 Å². The lowest BCUT2D eigenvalue weighted by Gasteiger charge is -2.33. The van der Waals surface area contributed by atoms with E-state index in [2.05, 4.69) is 5.32 Å². The largest absolute Gasteiger partial charge is 0.494 e. The van der Waals surface area contributed by atoms with E-state index in [1.54, 1.807) is 67.6 Å². The smallest absolute Gasteiger partial charge is 0.264 e. The van der Waals surface area contributed by atoms with Crippen LogP contribution in [-0.2, 0) is 26.2 Å². The van der Waals surface area contributed by atoms with Crippen molar-refractivity contribution in [2.45, 2.75) is 57.6 Å². The third-order valence-electron chi connectivity index (χ3n) is 6.22. The first-order valence-electron chi connectivity index (χ1n) is 13.3. The van der Waals surface area contributed by atoms with Crippen LogP contribution < -0.4 is 14.4 Å². The van der Waals surface area contributed by atoms with Gasteiger partial charge in [0.25, 0.3) is 10.0 Å². The minimum atomic E-state index is -4.17. The molecule has 11 heteroatoms. The second-order valence-electron chi connectivity index (χ2n) is 9.60. The number of hydrogen-bond donors (Lipinski definition) is 1. The first kappa shape index (κ1) is 32.2. The van der Waals surface area contributed by atoms with Gasteiger partial charge in [0.1, 0.15) is 18.3 Å². The molecule has 0 saturated heterocycles. The monoisotopic (exact) mass is 619 g/mol. The van der Waals surface area contributed by atoms with Gasteiger partial charge < -0.3 is 15.0 Å². The van der Waals surface area contributed by atoms with Crippen LogP contribution in [0.15, 0.2) is 77.7 Å². The van der Waals surface area contributed by atoms with E-state index in [1.807, 2.05) is 20.8 Å². The van der Waals surface area contributed by atoms with Crippen molar-refractivity contribution >= 4 is 50.7 Å². The minimum Gasteiger partial charge on any atom is -0.494 e.